The second-order valence-electron chi connectivity index (χ2n) is 4.41. The Bertz CT molecular complexity index is 598. The number of ether oxygens (including phenoxy) is 1. The van der Waals surface area contributed by atoms with Crippen LogP contribution in [0, 0.1) is 0 Å². The summed E-state index contributed by atoms with van der Waals surface area (Å²) in [5, 5.41) is 2.74. The molecule has 2 rings (SSSR count). The molecule has 20 heavy (non-hydrogen) atoms. The monoisotopic (exact) mass is 267 g/mol. The number of hydrogen-bond acceptors (Lipinski definition) is 2. The molecule has 0 bridgehead atoms. The van der Waals surface area contributed by atoms with E-state index in [1.54, 1.807) is 7.11 Å². The highest BCUT2D eigenvalue weighted by atomic mass is 16.5. The fourth-order valence-corrected chi connectivity index (χ4v) is 1.79. The van der Waals surface area contributed by atoms with E-state index in [4.69, 9.17) is 4.74 Å². The van der Waals surface area contributed by atoms with Gasteiger partial charge in [0.05, 0.1) is 7.11 Å². The van der Waals surface area contributed by atoms with Crippen LogP contribution in [-0.4, -0.2) is 13.0 Å². The number of benzene rings is 2. The van der Waals surface area contributed by atoms with Gasteiger partial charge in [-0.1, -0.05) is 36.4 Å². The molecule has 0 heterocycles. The predicted octanol–water partition coefficient (Wildman–Crippen LogP) is 3.82. The number of rotatable bonds is 4. The second-order valence-corrected chi connectivity index (χ2v) is 4.41. The molecular weight excluding hydrogens is 250 g/mol. The second kappa shape index (κ2) is 6.57. The van der Waals surface area contributed by atoms with Crippen molar-refractivity contribution < 1.29 is 9.53 Å². The van der Waals surface area contributed by atoms with Crippen LogP contribution >= 0.6 is 0 Å². The van der Waals surface area contributed by atoms with E-state index in [0.29, 0.717) is 0 Å². The van der Waals surface area contributed by atoms with E-state index in [2.05, 4.69) is 5.32 Å². The van der Waals surface area contributed by atoms with Crippen molar-refractivity contribution in [2.75, 3.05) is 12.4 Å². The normalized spacial score (nSPS) is 10.5. The molecule has 0 aromatic heterocycles. The molecule has 1 N–H and O–H groups in total. The van der Waals surface area contributed by atoms with Crippen LogP contribution in [0.1, 0.15) is 18.1 Å². The van der Waals surface area contributed by atoms with Crippen molar-refractivity contribution in [2.24, 2.45) is 0 Å². The molecule has 3 heteroatoms. The summed E-state index contributed by atoms with van der Waals surface area (Å²) in [5.74, 6) is 0.785. The Labute approximate surface area is 118 Å². The van der Waals surface area contributed by atoms with Crippen molar-refractivity contribution in [3.8, 4) is 5.75 Å². The summed E-state index contributed by atoms with van der Waals surface area (Å²) in [6.07, 6.45) is 4.06. The summed E-state index contributed by atoms with van der Waals surface area (Å²) in [7, 11) is 1.65. The molecule has 0 atom stereocenters. The quantitative estimate of drug-likeness (QED) is 0.855. The third-order valence-electron chi connectivity index (χ3n) is 2.82. The van der Waals surface area contributed by atoms with Gasteiger partial charge in [-0.15, -0.1) is 0 Å². The van der Waals surface area contributed by atoms with Crippen LogP contribution in [0.25, 0.3) is 12.2 Å². The average molecular weight is 267 g/mol. The van der Waals surface area contributed by atoms with Crippen LogP contribution in [0.3, 0.4) is 0 Å². The van der Waals surface area contributed by atoms with E-state index in [-0.39, 0.29) is 5.91 Å². The Balaban J connectivity index is 2.04. The molecule has 102 valence electrons. The van der Waals surface area contributed by atoms with E-state index in [9.17, 15) is 4.79 Å². The first-order valence-corrected chi connectivity index (χ1v) is 6.37. The molecule has 2 aromatic carbocycles. The number of nitrogens with one attached hydrogen (secondary N) is 1. The molecule has 0 spiro atoms. The Morgan fingerprint density at radius 3 is 1.90 bits per heavy atom. The van der Waals surface area contributed by atoms with E-state index in [1.807, 2.05) is 60.7 Å². The molecule has 0 saturated heterocycles. The summed E-state index contributed by atoms with van der Waals surface area (Å²) >= 11 is 0. The molecule has 0 unspecified atom stereocenters. The van der Waals surface area contributed by atoms with E-state index >= 15 is 0 Å². The Morgan fingerprint density at radius 2 is 1.45 bits per heavy atom. The Morgan fingerprint density at radius 1 is 0.950 bits per heavy atom. The highest BCUT2D eigenvalue weighted by Gasteiger charge is 1.95. The van der Waals surface area contributed by atoms with Crippen LogP contribution in [0.15, 0.2) is 48.5 Å². The van der Waals surface area contributed by atoms with Crippen LogP contribution in [-0.2, 0) is 4.79 Å². The standard InChI is InChI=1S/C17H17NO2/c1-13(19)18-16-9-5-14(6-10-16)3-4-15-7-11-17(20-2)12-8-15/h3-12H,1-2H3,(H,18,19)/b4-3+. The van der Waals surface area contributed by atoms with Crippen molar-refractivity contribution >= 4 is 23.7 Å². The topological polar surface area (TPSA) is 38.3 Å². The molecule has 3 nitrogen and oxygen atoms in total. The van der Waals surface area contributed by atoms with Gasteiger partial charge >= 0.3 is 0 Å². The van der Waals surface area contributed by atoms with Gasteiger partial charge in [-0.3, -0.25) is 4.79 Å². The minimum Gasteiger partial charge on any atom is -0.497 e. The first-order valence-electron chi connectivity index (χ1n) is 6.37. The largest absolute Gasteiger partial charge is 0.497 e. The van der Waals surface area contributed by atoms with Gasteiger partial charge in [-0.25, -0.2) is 0 Å². The van der Waals surface area contributed by atoms with Crippen LogP contribution in [0.2, 0.25) is 0 Å². The van der Waals surface area contributed by atoms with Gasteiger partial charge in [0.1, 0.15) is 5.75 Å². The lowest BCUT2D eigenvalue weighted by Gasteiger charge is -2.02. The minimum absolute atomic E-state index is 0.0634. The number of carbonyl (C=O) groups is 1. The van der Waals surface area contributed by atoms with Gasteiger partial charge in [-0.2, -0.15) is 0 Å². The first-order chi connectivity index (χ1) is 9.67. The summed E-state index contributed by atoms with van der Waals surface area (Å²) in [5.41, 5.74) is 2.99. The van der Waals surface area contributed by atoms with Gasteiger partial charge in [0, 0.05) is 12.6 Å². The van der Waals surface area contributed by atoms with Crippen molar-refractivity contribution in [3.63, 3.8) is 0 Å². The molecule has 0 aliphatic rings. The number of anilines is 1. The number of carbonyl (C=O) groups excluding carboxylic acids is 1. The van der Waals surface area contributed by atoms with Gasteiger partial charge < -0.3 is 10.1 Å². The maximum absolute atomic E-state index is 10.9. The highest BCUT2D eigenvalue weighted by molar-refractivity contribution is 5.88. The SMILES string of the molecule is COc1ccc(/C=C/c2ccc(NC(C)=O)cc2)cc1. The van der Waals surface area contributed by atoms with Crippen molar-refractivity contribution in [2.45, 2.75) is 6.92 Å². The zero-order valence-electron chi connectivity index (χ0n) is 11.6. The fraction of sp³-hybridized carbons (Fsp3) is 0.118. The fourth-order valence-electron chi connectivity index (χ4n) is 1.79. The molecule has 0 aliphatic heterocycles. The molecule has 0 radical (unpaired) electrons. The number of hydrogen-bond donors (Lipinski definition) is 1. The lowest BCUT2D eigenvalue weighted by Crippen LogP contribution is -2.05. The third-order valence-corrected chi connectivity index (χ3v) is 2.82. The zero-order valence-corrected chi connectivity index (χ0v) is 11.6. The summed E-state index contributed by atoms with van der Waals surface area (Å²) in [4.78, 5) is 10.9. The molecular formula is C17H17NO2. The lowest BCUT2D eigenvalue weighted by molar-refractivity contribution is -0.114. The smallest absolute Gasteiger partial charge is 0.221 e. The van der Waals surface area contributed by atoms with Crippen LogP contribution in [0.5, 0.6) is 5.75 Å². The summed E-state index contributed by atoms with van der Waals surface area (Å²) in [6, 6.07) is 15.6. The van der Waals surface area contributed by atoms with Gasteiger partial charge in [0.25, 0.3) is 0 Å². The predicted molar refractivity (Wildman–Crippen MR) is 82.7 cm³/mol. The lowest BCUT2D eigenvalue weighted by atomic mass is 10.1. The molecule has 0 aliphatic carbocycles. The van der Waals surface area contributed by atoms with E-state index < -0.39 is 0 Å². The maximum atomic E-state index is 10.9. The van der Waals surface area contributed by atoms with E-state index in [0.717, 1.165) is 22.6 Å². The molecule has 1 amide bonds. The first kappa shape index (κ1) is 13.9. The number of amides is 1. The highest BCUT2D eigenvalue weighted by Crippen LogP contribution is 2.15. The zero-order chi connectivity index (χ0) is 14.4. The van der Waals surface area contributed by atoms with Crippen LogP contribution < -0.4 is 10.1 Å². The number of methoxy groups -OCH3 is 1. The van der Waals surface area contributed by atoms with Gasteiger partial charge in [0.15, 0.2) is 0 Å². The van der Waals surface area contributed by atoms with Crippen LogP contribution in [0.4, 0.5) is 5.69 Å². The Hall–Kier alpha value is -2.55. The minimum atomic E-state index is -0.0634. The Kier molecular flexibility index (Phi) is 4.56. The van der Waals surface area contributed by atoms with Gasteiger partial charge in [0.2, 0.25) is 5.91 Å². The molecule has 2 aromatic rings. The molecule has 0 fully saturated rings. The van der Waals surface area contributed by atoms with Crippen molar-refractivity contribution in [1.29, 1.82) is 0 Å². The average Bonchev–Trinajstić information content (AvgIpc) is 2.46. The van der Waals surface area contributed by atoms with Crippen molar-refractivity contribution in [1.82, 2.24) is 0 Å². The van der Waals surface area contributed by atoms with Gasteiger partial charge in [-0.05, 0) is 35.4 Å². The molecule has 0 saturated carbocycles. The third kappa shape index (κ3) is 3.99. The van der Waals surface area contributed by atoms with E-state index in [1.165, 1.54) is 6.92 Å². The summed E-state index contributed by atoms with van der Waals surface area (Å²) < 4.78 is 5.12. The maximum Gasteiger partial charge on any atom is 0.221 e. The van der Waals surface area contributed by atoms with Crippen molar-refractivity contribution in [3.05, 3.63) is 59.7 Å². The summed E-state index contributed by atoms with van der Waals surface area (Å²) in [6.45, 7) is 1.50.